The second-order valence-corrected chi connectivity index (χ2v) is 6.47. The minimum Gasteiger partial charge on any atom is -0.250 e. The second kappa shape index (κ2) is 17.0. The van der Waals surface area contributed by atoms with Crippen LogP contribution in [0, 0.1) is 55.4 Å². The molecule has 0 aromatic carbocycles. The molecule has 0 saturated heterocycles. The van der Waals surface area contributed by atoms with Crippen LogP contribution in [0.3, 0.4) is 0 Å². The third kappa shape index (κ3) is 12.3. The summed E-state index contributed by atoms with van der Waals surface area (Å²) in [5, 5.41) is 0. The van der Waals surface area contributed by atoms with Gasteiger partial charge in [0, 0.05) is 29.0 Å². The summed E-state index contributed by atoms with van der Waals surface area (Å²) in [6, 6.07) is 1.88. The molecule has 6 radical (unpaired) electrons. The maximum Gasteiger partial charge on any atom is 0.142 e. The van der Waals surface area contributed by atoms with Crippen molar-refractivity contribution in [3.8, 4) is 0 Å². The van der Waals surface area contributed by atoms with Gasteiger partial charge in [0.1, 0.15) is 33.2 Å². The zero-order valence-electron chi connectivity index (χ0n) is 21.6. The smallest absolute Gasteiger partial charge is 0.142 e. The lowest BCUT2D eigenvalue weighted by molar-refractivity contribution is 0.992. The lowest BCUT2D eigenvalue weighted by Gasteiger charge is -2.03. The molecule has 6 nitrogen and oxygen atoms in total. The second-order valence-electron chi connectivity index (χ2n) is 6.47. The Hall–Kier alpha value is -2.57. The molecule has 0 aliphatic carbocycles. The first-order chi connectivity index (χ1) is 15.0. The van der Waals surface area contributed by atoms with Gasteiger partial charge in [-0.3, -0.25) is 0 Å². The standard InChI is InChI=1S/2C7H9BN2.C6H8N2.C2H6.CH3B/c1-4-7(8)5(2)10-6(3)9-4;1-4-5(2)9-6(3)10-7(4)8;1-5-3-4-7-6(2)8-5;2*1-2/h2*1-3H3;3-4H,1-2H3;1-2H3;1H3. The average Bonchev–Trinajstić information content (AvgIpc) is 2.74. The van der Waals surface area contributed by atoms with Gasteiger partial charge in [-0.2, -0.15) is 0 Å². The monoisotopic (exact) mass is 428 g/mol. The van der Waals surface area contributed by atoms with Crippen molar-refractivity contribution < 1.29 is 0 Å². The molecule has 9 heteroatoms. The normalized spacial score (nSPS) is 8.84. The van der Waals surface area contributed by atoms with E-state index < -0.39 is 0 Å². The molecule has 0 bridgehead atoms. The van der Waals surface area contributed by atoms with Crippen molar-refractivity contribution in [2.45, 2.75) is 76.1 Å². The fourth-order valence-electron chi connectivity index (χ4n) is 2.26. The number of aryl methyl sites for hydroxylation is 7. The molecule has 0 fully saturated rings. The zero-order chi connectivity index (χ0) is 25.4. The highest BCUT2D eigenvalue weighted by Crippen LogP contribution is 1.97. The Morgan fingerprint density at radius 2 is 1.03 bits per heavy atom. The van der Waals surface area contributed by atoms with E-state index in [1.54, 1.807) is 6.20 Å². The Bertz CT molecular complexity index is 830. The largest absolute Gasteiger partial charge is 0.250 e. The predicted octanol–water partition coefficient (Wildman–Crippen LogP) is 2.71. The van der Waals surface area contributed by atoms with E-state index in [1.165, 1.54) is 6.82 Å². The van der Waals surface area contributed by atoms with E-state index in [4.69, 9.17) is 15.7 Å². The molecule has 0 amide bonds. The Kier molecular flexibility index (Phi) is 16.8. The van der Waals surface area contributed by atoms with Gasteiger partial charge in [-0.15, -0.1) is 0 Å². The van der Waals surface area contributed by atoms with Gasteiger partial charge in [-0.25, -0.2) is 29.9 Å². The number of nitrogens with zero attached hydrogens (tertiary/aromatic N) is 6. The van der Waals surface area contributed by atoms with Crippen molar-refractivity contribution in [2.75, 3.05) is 0 Å². The van der Waals surface area contributed by atoms with Crippen molar-refractivity contribution in [1.29, 1.82) is 0 Å². The highest BCUT2D eigenvalue weighted by molar-refractivity contribution is 6.33. The van der Waals surface area contributed by atoms with Crippen LogP contribution in [-0.2, 0) is 0 Å². The van der Waals surface area contributed by atoms with E-state index in [9.17, 15) is 0 Å². The van der Waals surface area contributed by atoms with E-state index in [-0.39, 0.29) is 0 Å². The molecule has 0 saturated carbocycles. The Morgan fingerprint density at radius 3 is 1.41 bits per heavy atom. The summed E-state index contributed by atoms with van der Waals surface area (Å²) < 4.78 is 0. The van der Waals surface area contributed by atoms with Gasteiger partial charge in [0.25, 0.3) is 0 Å². The summed E-state index contributed by atoms with van der Waals surface area (Å²) in [7, 11) is 15.7. The molecular weight excluding hydrogens is 393 g/mol. The first-order valence-electron chi connectivity index (χ1n) is 10.5. The summed E-state index contributed by atoms with van der Waals surface area (Å²) >= 11 is 0. The van der Waals surface area contributed by atoms with Crippen LogP contribution in [0.2, 0.25) is 6.82 Å². The van der Waals surface area contributed by atoms with Crippen LogP contribution in [0.25, 0.3) is 0 Å². The van der Waals surface area contributed by atoms with Gasteiger partial charge in [0.15, 0.2) is 0 Å². The number of hydrogen-bond donors (Lipinski definition) is 0. The Balaban J connectivity index is 0. The molecule has 0 atom stereocenters. The van der Waals surface area contributed by atoms with Crippen molar-refractivity contribution in [3.63, 3.8) is 0 Å². The molecule has 3 rings (SSSR count). The molecule has 3 aromatic heterocycles. The first kappa shape index (κ1) is 31.6. The van der Waals surface area contributed by atoms with Crippen LogP contribution < -0.4 is 11.1 Å². The highest BCUT2D eigenvalue weighted by Gasteiger charge is 1.99. The summed E-state index contributed by atoms with van der Waals surface area (Å²) in [6.45, 7) is 20.7. The molecule has 32 heavy (non-hydrogen) atoms. The van der Waals surface area contributed by atoms with Crippen molar-refractivity contribution >= 4 is 34.6 Å². The Labute approximate surface area is 198 Å². The zero-order valence-corrected chi connectivity index (χ0v) is 21.6. The number of rotatable bonds is 0. The van der Waals surface area contributed by atoms with Crippen LogP contribution in [-0.4, -0.2) is 53.4 Å². The summed E-state index contributed by atoms with van der Waals surface area (Å²) in [5.41, 5.74) is 5.98. The fourth-order valence-corrected chi connectivity index (χ4v) is 2.26. The Morgan fingerprint density at radius 1 is 0.594 bits per heavy atom. The molecule has 0 aliphatic heterocycles. The summed E-state index contributed by atoms with van der Waals surface area (Å²) in [6.07, 6.45) is 1.76. The molecule has 0 spiro atoms. The quantitative estimate of drug-likeness (QED) is 0.513. The third-order valence-corrected chi connectivity index (χ3v) is 3.89. The van der Waals surface area contributed by atoms with Gasteiger partial charge >= 0.3 is 0 Å². The molecule has 0 aliphatic rings. The summed E-state index contributed by atoms with van der Waals surface area (Å²) in [5.74, 6) is 2.36. The lowest BCUT2D eigenvalue weighted by atomic mass is 9.93. The molecule has 3 heterocycles. The van der Waals surface area contributed by atoms with E-state index in [2.05, 4.69) is 37.8 Å². The van der Waals surface area contributed by atoms with Gasteiger partial charge in [-0.1, -0.05) is 26.1 Å². The number of aromatic nitrogens is 6. The van der Waals surface area contributed by atoms with E-state index in [1.807, 2.05) is 75.3 Å². The molecule has 0 N–H and O–H groups in total. The third-order valence-electron chi connectivity index (χ3n) is 3.89. The first-order valence-corrected chi connectivity index (χ1v) is 10.5. The van der Waals surface area contributed by atoms with E-state index >= 15 is 0 Å². The summed E-state index contributed by atoms with van der Waals surface area (Å²) in [4.78, 5) is 24.3. The van der Waals surface area contributed by atoms with Crippen molar-refractivity contribution in [1.82, 2.24) is 29.9 Å². The van der Waals surface area contributed by atoms with E-state index in [0.717, 1.165) is 45.8 Å². The van der Waals surface area contributed by atoms with Crippen LogP contribution in [0.4, 0.5) is 0 Å². The lowest BCUT2D eigenvalue weighted by Crippen LogP contribution is -2.16. The van der Waals surface area contributed by atoms with Gasteiger partial charge in [0.2, 0.25) is 0 Å². The minimum atomic E-state index is 0.588. The maximum atomic E-state index is 5.63. The van der Waals surface area contributed by atoms with Crippen LogP contribution in [0.5, 0.6) is 0 Å². The molecular formula is C23H35B3N6. The van der Waals surface area contributed by atoms with E-state index in [0.29, 0.717) is 11.1 Å². The van der Waals surface area contributed by atoms with Crippen molar-refractivity contribution in [3.05, 3.63) is 58.1 Å². The van der Waals surface area contributed by atoms with Gasteiger partial charge in [0.05, 0.1) is 7.85 Å². The molecule has 3 aromatic rings. The molecule has 0 unspecified atom stereocenters. The van der Waals surface area contributed by atoms with Gasteiger partial charge < -0.3 is 0 Å². The maximum absolute atomic E-state index is 5.63. The average molecular weight is 428 g/mol. The van der Waals surface area contributed by atoms with Crippen LogP contribution >= 0.6 is 0 Å². The molecule has 166 valence electrons. The highest BCUT2D eigenvalue weighted by atomic mass is 14.9. The predicted molar refractivity (Wildman–Crippen MR) is 138 cm³/mol. The number of hydrogen-bond acceptors (Lipinski definition) is 6. The van der Waals surface area contributed by atoms with Crippen LogP contribution in [0.1, 0.15) is 59.7 Å². The fraction of sp³-hybridized carbons (Fsp3) is 0.478. The van der Waals surface area contributed by atoms with Crippen LogP contribution in [0.15, 0.2) is 12.3 Å². The van der Waals surface area contributed by atoms with Crippen molar-refractivity contribution in [2.24, 2.45) is 0 Å². The topological polar surface area (TPSA) is 77.3 Å². The SMILES string of the molecule is CC.Cc1ccnc(C)n1.[B]C.[B]c1c(C)nc(C)nc1C.[B]c1nc(C)nc(C)c1C. The minimum absolute atomic E-state index is 0.588. The van der Waals surface area contributed by atoms with Gasteiger partial charge in [-0.05, 0) is 72.6 Å².